The summed E-state index contributed by atoms with van der Waals surface area (Å²) in [6, 6.07) is 6.83. The first-order valence-corrected chi connectivity index (χ1v) is 6.65. The Balaban J connectivity index is 2.58. The summed E-state index contributed by atoms with van der Waals surface area (Å²) in [5.41, 5.74) is 2.04. The molecule has 1 unspecified atom stereocenters. The minimum atomic E-state index is -1.04. The Hall–Kier alpha value is -1.88. The number of ether oxygens (including phenoxy) is 1. The molecule has 0 fully saturated rings. The topological polar surface area (TPSA) is 75.6 Å². The van der Waals surface area contributed by atoms with Crippen LogP contribution in [0.2, 0.25) is 0 Å². The largest absolute Gasteiger partial charge is 0.480 e. The van der Waals surface area contributed by atoms with Crippen molar-refractivity contribution in [1.82, 2.24) is 5.32 Å². The molecule has 0 bridgehead atoms. The molecule has 1 aromatic rings. The number of carboxylic acids is 1. The molecule has 0 radical (unpaired) electrons. The lowest BCUT2D eigenvalue weighted by molar-refractivity contribution is -0.142. The highest BCUT2D eigenvalue weighted by Crippen LogP contribution is 2.07. The fraction of sp³-hybridized carbons (Fsp3) is 0.467. The van der Waals surface area contributed by atoms with Gasteiger partial charge in [0, 0.05) is 20.1 Å². The van der Waals surface area contributed by atoms with Crippen molar-refractivity contribution in [2.45, 2.75) is 32.2 Å². The van der Waals surface area contributed by atoms with Crippen molar-refractivity contribution in [3.63, 3.8) is 0 Å². The zero-order chi connectivity index (χ0) is 15.0. The van der Waals surface area contributed by atoms with Crippen LogP contribution in [0.25, 0.3) is 0 Å². The normalized spacial score (nSPS) is 11.9. The maximum atomic E-state index is 11.9. The molecule has 0 heterocycles. The molecule has 1 atom stereocenters. The Labute approximate surface area is 118 Å². The number of aliphatic carboxylic acids is 1. The number of rotatable bonds is 8. The van der Waals surface area contributed by atoms with Gasteiger partial charge in [-0.3, -0.25) is 4.79 Å². The molecule has 110 valence electrons. The molecule has 5 heteroatoms. The van der Waals surface area contributed by atoms with Gasteiger partial charge in [0.25, 0.3) is 0 Å². The van der Waals surface area contributed by atoms with Crippen LogP contribution in [0.3, 0.4) is 0 Å². The number of carboxylic acid groups (broad SMARTS) is 1. The molecule has 2 N–H and O–H groups in total. The summed E-state index contributed by atoms with van der Waals surface area (Å²) in [6.45, 7) is 2.34. The SMILES string of the molecule is CCc1cccc(CC(=O)NC(CCOC)C(=O)O)c1. The van der Waals surface area contributed by atoms with E-state index in [1.54, 1.807) is 0 Å². The van der Waals surface area contributed by atoms with Crippen LogP contribution in [0.4, 0.5) is 0 Å². The second-order valence-electron chi connectivity index (χ2n) is 4.59. The maximum absolute atomic E-state index is 11.9. The van der Waals surface area contributed by atoms with Crippen LogP contribution in [0.5, 0.6) is 0 Å². The molecule has 1 amide bonds. The monoisotopic (exact) mass is 279 g/mol. The van der Waals surface area contributed by atoms with Gasteiger partial charge in [-0.25, -0.2) is 4.79 Å². The second kappa shape index (κ2) is 8.32. The number of carbonyl (C=O) groups excluding carboxylic acids is 1. The van der Waals surface area contributed by atoms with E-state index in [-0.39, 0.29) is 18.7 Å². The van der Waals surface area contributed by atoms with E-state index in [4.69, 9.17) is 9.84 Å². The van der Waals surface area contributed by atoms with Crippen molar-refractivity contribution in [1.29, 1.82) is 0 Å². The van der Waals surface area contributed by atoms with Crippen LogP contribution in [0.15, 0.2) is 24.3 Å². The first kappa shape index (κ1) is 16.2. The number of benzene rings is 1. The quantitative estimate of drug-likeness (QED) is 0.754. The van der Waals surface area contributed by atoms with Crippen molar-refractivity contribution < 1.29 is 19.4 Å². The number of amides is 1. The molecule has 20 heavy (non-hydrogen) atoms. The Bertz CT molecular complexity index is 459. The summed E-state index contributed by atoms with van der Waals surface area (Å²) >= 11 is 0. The number of hydrogen-bond donors (Lipinski definition) is 2. The van der Waals surface area contributed by atoms with E-state index >= 15 is 0 Å². The van der Waals surface area contributed by atoms with E-state index in [0.717, 1.165) is 17.5 Å². The molecule has 1 rings (SSSR count). The second-order valence-corrected chi connectivity index (χ2v) is 4.59. The van der Waals surface area contributed by atoms with Gasteiger partial charge >= 0.3 is 5.97 Å². The van der Waals surface area contributed by atoms with E-state index in [2.05, 4.69) is 5.32 Å². The van der Waals surface area contributed by atoms with E-state index in [1.807, 2.05) is 31.2 Å². The highest BCUT2D eigenvalue weighted by atomic mass is 16.5. The summed E-state index contributed by atoms with van der Waals surface area (Å²) in [5, 5.41) is 11.5. The molecule has 0 aliphatic heterocycles. The lowest BCUT2D eigenvalue weighted by atomic mass is 10.1. The summed E-state index contributed by atoms with van der Waals surface area (Å²) < 4.78 is 4.84. The van der Waals surface area contributed by atoms with E-state index in [0.29, 0.717) is 6.61 Å². The van der Waals surface area contributed by atoms with Crippen LogP contribution in [0, 0.1) is 0 Å². The molecule has 1 aromatic carbocycles. The van der Waals surface area contributed by atoms with Crippen molar-refractivity contribution >= 4 is 11.9 Å². The third kappa shape index (κ3) is 5.40. The van der Waals surface area contributed by atoms with E-state index in [1.165, 1.54) is 7.11 Å². The minimum absolute atomic E-state index is 0.185. The van der Waals surface area contributed by atoms with Crippen molar-refractivity contribution in [2.24, 2.45) is 0 Å². The molecular formula is C15H21NO4. The molecule has 0 spiro atoms. The number of methoxy groups -OCH3 is 1. The van der Waals surface area contributed by atoms with Crippen molar-refractivity contribution in [2.75, 3.05) is 13.7 Å². The third-order valence-electron chi connectivity index (χ3n) is 3.01. The van der Waals surface area contributed by atoms with Gasteiger partial charge < -0.3 is 15.2 Å². The first-order valence-electron chi connectivity index (χ1n) is 6.65. The lowest BCUT2D eigenvalue weighted by Gasteiger charge is -2.14. The molecule has 0 saturated carbocycles. The predicted molar refractivity (Wildman–Crippen MR) is 75.6 cm³/mol. The fourth-order valence-corrected chi connectivity index (χ4v) is 1.88. The molecule has 0 aliphatic carbocycles. The Morgan fingerprint density at radius 2 is 2.05 bits per heavy atom. The average Bonchev–Trinajstić information content (AvgIpc) is 2.43. The van der Waals surface area contributed by atoms with Gasteiger partial charge in [0.1, 0.15) is 6.04 Å². The van der Waals surface area contributed by atoms with Crippen LogP contribution in [-0.2, 0) is 27.2 Å². The standard InChI is InChI=1S/C15H21NO4/c1-3-11-5-4-6-12(9-11)10-14(17)16-13(15(18)19)7-8-20-2/h4-6,9,13H,3,7-8,10H2,1-2H3,(H,16,17)(H,18,19). The Kier molecular flexibility index (Phi) is 6.73. The molecule has 0 saturated heterocycles. The summed E-state index contributed by atoms with van der Waals surface area (Å²) in [5.74, 6) is -1.33. The number of nitrogens with one attached hydrogen (secondary N) is 1. The van der Waals surface area contributed by atoms with Crippen LogP contribution in [0.1, 0.15) is 24.5 Å². The average molecular weight is 279 g/mol. The molecule has 0 aromatic heterocycles. The molecular weight excluding hydrogens is 258 g/mol. The highest BCUT2D eigenvalue weighted by Gasteiger charge is 2.19. The summed E-state index contributed by atoms with van der Waals surface area (Å²) in [6.07, 6.45) is 1.35. The summed E-state index contributed by atoms with van der Waals surface area (Å²) in [7, 11) is 1.50. The van der Waals surface area contributed by atoms with E-state index in [9.17, 15) is 9.59 Å². The number of carbonyl (C=O) groups is 2. The number of aryl methyl sites for hydroxylation is 1. The van der Waals surface area contributed by atoms with Gasteiger partial charge in [0.15, 0.2) is 0 Å². The van der Waals surface area contributed by atoms with Gasteiger partial charge in [-0.1, -0.05) is 31.2 Å². The van der Waals surface area contributed by atoms with Crippen molar-refractivity contribution in [3.05, 3.63) is 35.4 Å². The summed E-state index contributed by atoms with van der Waals surface area (Å²) in [4.78, 5) is 22.9. The fourth-order valence-electron chi connectivity index (χ4n) is 1.88. The maximum Gasteiger partial charge on any atom is 0.326 e. The smallest absolute Gasteiger partial charge is 0.326 e. The Morgan fingerprint density at radius 1 is 1.35 bits per heavy atom. The van der Waals surface area contributed by atoms with Crippen LogP contribution in [-0.4, -0.2) is 36.7 Å². The van der Waals surface area contributed by atoms with Gasteiger partial charge in [-0.05, 0) is 17.5 Å². The van der Waals surface area contributed by atoms with Gasteiger partial charge in [0.2, 0.25) is 5.91 Å². The van der Waals surface area contributed by atoms with Gasteiger partial charge in [-0.15, -0.1) is 0 Å². The van der Waals surface area contributed by atoms with Crippen LogP contribution >= 0.6 is 0 Å². The van der Waals surface area contributed by atoms with Crippen LogP contribution < -0.4 is 5.32 Å². The third-order valence-corrected chi connectivity index (χ3v) is 3.01. The zero-order valence-corrected chi connectivity index (χ0v) is 11.9. The van der Waals surface area contributed by atoms with Crippen molar-refractivity contribution in [3.8, 4) is 0 Å². The minimum Gasteiger partial charge on any atom is -0.480 e. The first-order chi connectivity index (χ1) is 9.56. The number of hydrogen-bond acceptors (Lipinski definition) is 3. The predicted octanol–water partition coefficient (Wildman–Crippen LogP) is 1.40. The Morgan fingerprint density at radius 3 is 2.65 bits per heavy atom. The molecule has 5 nitrogen and oxygen atoms in total. The lowest BCUT2D eigenvalue weighted by Crippen LogP contribution is -2.42. The zero-order valence-electron chi connectivity index (χ0n) is 11.9. The van der Waals surface area contributed by atoms with E-state index < -0.39 is 12.0 Å². The highest BCUT2D eigenvalue weighted by molar-refractivity contribution is 5.84. The van der Waals surface area contributed by atoms with Gasteiger partial charge in [-0.2, -0.15) is 0 Å². The van der Waals surface area contributed by atoms with Gasteiger partial charge in [0.05, 0.1) is 6.42 Å². The molecule has 0 aliphatic rings.